The van der Waals surface area contributed by atoms with Crippen molar-refractivity contribution in [1.82, 2.24) is 14.1 Å². The molecule has 19 heavy (non-hydrogen) atoms. The first-order valence-electron chi connectivity index (χ1n) is 6.68. The highest BCUT2D eigenvalue weighted by atomic mass is 32.1. The molecule has 0 aliphatic heterocycles. The molecule has 2 rings (SSSR count). The maximum absolute atomic E-state index is 12.0. The molecule has 0 radical (unpaired) electrons. The Bertz CT molecular complexity index is 569. The van der Waals surface area contributed by atoms with Crippen LogP contribution in [0.5, 0.6) is 0 Å². The van der Waals surface area contributed by atoms with Crippen molar-refractivity contribution in [2.24, 2.45) is 0 Å². The van der Waals surface area contributed by atoms with Crippen LogP contribution in [-0.2, 0) is 13.1 Å². The molecular formula is C13H20N4OS. The minimum absolute atomic E-state index is 0.0540. The molecule has 6 heteroatoms. The summed E-state index contributed by atoms with van der Waals surface area (Å²) in [5.74, 6) is 0. The molecule has 0 unspecified atom stereocenters. The Hall–Kier alpha value is -1.56. The van der Waals surface area contributed by atoms with E-state index in [-0.39, 0.29) is 5.69 Å². The number of thiazole rings is 1. The van der Waals surface area contributed by atoms with Crippen molar-refractivity contribution in [1.29, 1.82) is 0 Å². The molecule has 104 valence electrons. The molecule has 0 aliphatic rings. The van der Waals surface area contributed by atoms with Gasteiger partial charge in [0.15, 0.2) is 5.13 Å². The van der Waals surface area contributed by atoms with Gasteiger partial charge in [-0.15, -0.1) is 11.3 Å². The molecule has 1 N–H and O–H groups in total. The highest BCUT2D eigenvalue weighted by molar-refractivity contribution is 7.15. The van der Waals surface area contributed by atoms with Gasteiger partial charge in [0.25, 0.3) is 0 Å². The third kappa shape index (κ3) is 3.47. The first-order chi connectivity index (χ1) is 9.24. The SMILES string of the molecule is CCCNc1ncc(Cn2ccn(CCC)c2=O)s1. The van der Waals surface area contributed by atoms with E-state index in [9.17, 15) is 4.79 Å². The van der Waals surface area contributed by atoms with Crippen LogP contribution in [0.3, 0.4) is 0 Å². The highest BCUT2D eigenvalue weighted by Gasteiger charge is 2.06. The molecule has 0 atom stereocenters. The molecule has 0 saturated heterocycles. The first-order valence-corrected chi connectivity index (χ1v) is 7.50. The second-order valence-corrected chi connectivity index (χ2v) is 5.58. The van der Waals surface area contributed by atoms with Crippen LogP contribution in [0.1, 0.15) is 31.6 Å². The minimum atomic E-state index is 0.0540. The molecule has 0 aliphatic carbocycles. The highest BCUT2D eigenvalue weighted by Crippen LogP contribution is 2.18. The number of imidazole rings is 1. The largest absolute Gasteiger partial charge is 0.362 e. The maximum atomic E-state index is 12.0. The fraction of sp³-hybridized carbons (Fsp3) is 0.538. The summed E-state index contributed by atoms with van der Waals surface area (Å²) >= 11 is 1.61. The molecule has 2 heterocycles. The van der Waals surface area contributed by atoms with Crippen LogP contribution in [0, 0.1) is 0 Å². The Morgan fingerprint density at radius 2 is 2.05 bits per heavy atom. The zero-order chi connectivity index (χ0) is 13.7. The topological polar surface area (TPSA) is 51.9 Å². The Morgan fingerprint density at radius 1 is 1.26 bits per heavy atom. The van der Waals surface area contributed by atoms with Crippen molar-refractivity contribution in [3.8, 4) is 0 Å². The van der Waals surface area contributed by atoms with E-state index in [4.69, 9.17) is 0 Å². The van der Waals surface area contributed by atoms with Gasteiger partial charge in [-0.05, 0) is 12.8 Å². The van der Waals surface area contributed by atoms with E-state index in [2.05, 4.69) is 24.1 Å². The lowest BCUT2D eigenvalue weighted by atomic mass is 10.5. The fourth-order valence-corrected chi connectivity index (χ4v) is 2.68. The third-order valence-electron chi connectivity index (χ3n) is 2.79. The minimum Gasteiger partial charge on any atom is -0.362 e. The summed E-state index contributed by atoms with van der Waals surface area (Å²) in [7, 11) is 0. The van der Waals surface area contributed by atoms with Gasteiger partial charge in [0.1, 0.15) is 0 Å². The Morgan fingerprint density at radius 3 is 2.79 bits per heavy atom. The molecule has 0 fully saturated rings. The van der Waals surface area contributed by atoms with Gasteiger partial charge in [-0.25, -0.2) is 9.78 Å². The molecule has 0 aromatic carbocycles. The second kappa shape index (κ2) is 6.56. The van der Waals surface area contributed by atoms with Gasteiger partial charge in [0, 0.05) is 36.6 Å². The van der Waals surface area contributed by atoms with Crippen LogP contribution in [0.2, 0.25) is 0 Å². The van der Waals surface area contributed by atoms with Crippen LogP contribution in [-0.4, -0.2) is 20.7 Å². The van der Waals surface area contributed by atoms with Gasteiger partial charge in [-0.2, -0.15) is 0 Å². The smallest absolute Gasteiger partial charge is 0.328 e. The summed E-state index contributed by atoms with van der Waals surface area (Å²) in [5, 5.41) is 4.18. The van der Waals surface area contributed by atoms with E-state index in [1.54, 1.807) is 20.5 Å². The molecule has 2 aromatic heterocycles. The Kier molecular flexibility index (Phi) is 4.79. The number of aromatic nitrogens is 3. The quantitative estimate of drug-likeness (QED) is 0.847. The van der Waals surface area contributed by atoms with E-state index in [0.29, 0.717) is 6.54 Å². The predicted octanol–water partition coefficient (Wildman–Crippen LogP) is 2.39. The summed E-state index contributed by atoms with van der Waals surface area (Å²) in [5.41, 5.74) is 0.0540. The van der Waals surface area contributed by atoms with Crippen molar-refractivity contribution >= 4 is 16.5 Å². The molecular weight excluding hydrogens is 260 g/mol. The average molecular weight is 280 g/mol. The zero-order valence-electron chi connectivity index (χ0n) is 11.4. The van der Waals surface area contributed by atoms with Gasteiger partial charge >= 0.3 is 5.69 Å². The van der Waals surface area contributed by atoms with Crippen LogP contribution >= 0.6 is 11.3 Å². The number of rotatable bonds is 7. The van der Waals surface area contributed by atoms with Crippen molar-refractivity contribution < 1.29 is 0 Å². The van der Waals surface area contributed by atoms with E-state index in [1.165, 1.54) is 0 Å². The molecule has 2 aromatic rings. The molecule has 0 amide bonds. The first kappa shape index (κ1) is 13.9. The average Bonchev–Trinajstić information content (AvgIpc) is 2.98. The van der Waals surface area contributed by atoms with Gasteiger partial charge in [0.2, 0.25) is 0 Å². The lowest BCUT2D eigenvalue weighted by molar-refractivity contribution is 0.625. The normalized spacial score (nSPS) is 10.8. The Balaban J connectivity index is 2.04. The van der Waals surface area contributed by atoms with Crippen LogP contribution in [0.4, 0.5) is 5.13 Å². The summed E-state index contributed by atoms with van der Waals surface area (Å²) in [6, 6.07) is 0. The lowest BCUT2D eigenvalue weighted by Gasteiger charge is -1.99. The number of nitrogens with one attached hydrogen (secondary N) is 1. The summed E-state index contributed by atoms with van der Waals surface area (Å²) in [4.78, 5) is 17.4. The molecule has 5 nitrogen and oxygen atoms in total. The van der Waals surface area contributed by atoms with Crippen LogP contribution < -0.4 is 11.0 Å². The van der Waals surface area contributed by atoms with E-state index >= 15 is 0 Å². The van der Waals surface area contributed by atoms with Crippen LogP contribution in [0.15, 0.2) is 23.4 Å². The van der Waals surface area contributed by atoms with E-state index < -0.39 is 0 Å². The number of aryl methyl sites for hydroxylation is 1. The van der Waals surface area contributed by atoms with Gasteiger partial charge in [-0.1, -0.05) is 13.8 Å². The van der Waals surface area contributed by atoms with Crippen LogP contribution in [0.25, 0.3) is 0 Å². The van der Waals surface area contributed by atoms with Gasteiger partial charge in [0.05, 0.1) is 6.54 Å². The molecule has 0 spiro atoms. The number of hydrogen-bond donors (Lipinski definition) is 1. The number of anilines is 1. The zero-order valence-corrected chi connectivity index (χ0v) is 12.2. The summed E-state index contributed by atoms with van der Waals surface area (Å²) in [6.45, 7) is 6.49. The van der Waals surface area contributed by atoms with Crippen molar-refractivity contribution in [3.05, 3.63) is 34.0 Å². The van der Waals surface area contributed by atoms with Gasteiger partial charge < -0.3 is 5.32 Å². The van der Waals surface area contributed by atoms with Crippen molar-refractivity contribution in [2.75, 3.05) is 11.9 Å². The molecule has 0 bridgehead atoms. The fourth-order valence-electron chi connectivity index (χ4n) is 1.85. The Labute approximate surface area is 116 Å². The van der Waals surface area contributed by atoms with Crippen molar-refractivity contribution in [3.63, 3.8) is 0 Å². The standard InChI is InChI=1S/C13H20N4OS/c1-3-5-14-12-15-9-11(19-12)10-17-8-7-16(6-4-2)13(17)18/h7-9H,3-6,10H2,1-2H3,(H,14,15). The van der Waals surface area contributed by atoms with E-state index in [1.807, 2.05) is 18.6 Å². The number of hydrogen-bond acceptors (Lipinski definition) is 4. The monoisotopic (exact) mass is 280 g/mol. The van der Waals surface area contributed by atoms with Gasteiger partial charge in [-0.3, -0.25) is 9.13 Å². The van der Waals surface area contributed by atoms with E-state index in [0.717, 1.165) is 35.9 Å². The molecule has 0 saturated carbocycles. The maximum Gasteiger partial charge on any atom is 0.328 e. The number of nitrogens with zero attached hydrogens (tertiary/aromatic N) is 3. The lowest BCUT2D eigenvalue weighted by Crippen LogP contribution is -2.24. The summed E-state index contributed by atoms with van der Waals surface area (Å²) < 4.78 is 3.48. The summed E-state index contributed by atoms with van der Waals surface area (Å²) in [6.07, 6.45) is 7.58. The predicted molar refractivity (Wildman–Crippen MR) is 79.0 cm³/mol. The third-order valence-corrected chi connectivity index (χ3v) is 3.73. The van der Waals surface area contributed by atoms with Crippen molar-refractivity contribution in [2.45, 2.75) is 39.8 Å². The second-order valence-electron chi connectivity index (χ2n) is 4.46.